The van der Waals surface area contributed by atoms with E-state index in [1.807, 2.05) is 0 Å². The zero-order valence-corrected chi connectivity index (χ0v) is 27.4. The van der Waals surface area contributed by atoms with Gasteiger partial charge in [-0.3, -0.25) is 4.48 Å². The number of nitrogens with zero attached hydrogens (tertiary/aromatic N) is 4. The number of quaternary nitrogens is 1. The van der Waals surface area contributed by atoms with Gasteiger partial charge in [0, 0.05) is 78.8 Å². The minimum Gasteiger partial charge on any atom is -0.350 e. The van der Waals surface area contributed by atoms with E-state index in [1.54, 1.807) is 0 Å². The maximum Gasteiger partial charge on any atom is 0.213 e. The Morgan fingerprint density at radius 3 is 2.19 bits per heavy atom. The molecule has 47 heavy (non-hydrogen) atoms. The van der Waals surface area contributed by atoms with Gasteiger partial charge in [0.25, 0.3) is 0 Å². The summed E-state index contributed by atoms with van der Waals surface area (Å²) in [5.41, 5.74) is 14.8. The van der Waals surface area contributed by atoms with Crippen molar-refractivity contribution in [2.45, 2.75) is 25.4 Å². The van der Waals surface area contributed by atoms with E-state index in [9.17, 15) is 0 Å². The number of para-hydroxylation sites is 2. The molecule has 3 aliphatic rings. The molecule has 0 spiro atoms. The number of allylic oxidation sites excluding steroid dienone is 3. The highest BCUT2D eigenvalue weighted by atomic mass is 15.3. The highest BCUT2D eigenvalue weighted by Gasteiger charge is 2.42. The monoisotopic (exact) mass is 612 g/mol. The second kappa shape index (κ2) is 10.7. The van der Waals surface area contributed by atoms with Gasteiger partial charge in [0.1, 0.15) is 6.04 Å². The molecule has 230 valence electrons. The smallest absolute Gasteiger partial charge is 0.213 e. The summed E-state index contributed by atoms with van der Waals surface area (Å²) in [6, 6.07) is 27.1. The molecule has 4 heteroatoms. The van der Waals surface area contributed by atoms with Gasteiger partial charge in [0.15, 0.2) is 12.7 Å². The molecule has 0 N–H and O–H groups in total. The first kappa shape index (κ1) is 28.1. The zero-order chi connectivity index (χ0) is 31.7. The van der Waals surface area contributed by atoms with E-state index in [0.29, 0.717) is 0 Å². The third-order valence-corrected chi connectivity index (χ3v) is 10.9. The molecule has 0 bridgehead atoms. The molecular formula is C43H40N4+2. The molecule has 3 aromatic carbocycles. The second-order valence-electron chi connectivity index (χ2n) is 13.8. The third kappa shape index (κ3) is 4.58. The predicted octanol–water partition coefficient (Wildman–Crippen LogP) is 8.56. The van der Waals surface area contributed by atoms with Crippen molar-refractivity contribution in [3.05, 3.63) is 155 Å². The average Bonchev–Trinajstić information content (AvgIpc) is 3.61. The molecule has 0 aliphatic carbocycles. The van der Waals surface area contributed by atoms with Crippen molar-refractivity contribution in [2.75, 3.05) is 13.6 Å². The Bertz CT molecular complexity index is 2360. The number of pyridine rings is 1. The van der Waals surface area contributed by atoms with Gasteiger partial charge in [-0.25, -0.2) is 0 Å². The van der Waals surface area contributed by atoms with Crippen LogP contribution >= 0.6 is 0 Å². The Hall–Kier alpha value is -5.19. The maximum atomic E-state index is 2.53. The van der Waals surface area contributed by atoms with Gasteiger partial charge < -0.3 is 9.13 Å². The fourth-order valence-electron chi connectivity index (χ4n) is 8.28. The van der Waals surface area contributed by atoms with E-state index in [2.05, 4.69) is 169 Å². The predicted molar refractivity (Wildman–Crippen MR) is 194 cm³/mol. The van der Waals surface area contributed by atoms with Crippen molar-refractivity contribution < 1.29 is 9.05 Å². The van der Waals surface area contributed by atoms with Crippen LogP contribution in [0.5, 0.6) is 0 Å². The van der Waals surface area contributed by atoms with Crippen LogP contribution in [0.2, 0.25) is 0 Å². The van der Waals surface area contributed by atoms with Crippen molar-refractivity contribution in [2.24, 2.45) is 14.1 Å². The molecule has 0 fully saturated rings. The van der Waals surface area contributed by atoms with Gasteiger partial charge >= 0.3 is 0 Å². The number of benzene rings is 3. The van der Waals surface area contributed by atoms with Gasteiger partial charge in [-0.15, -0.1) is 0 Å². The van der Waals surface area contributed by atoms with E-state index in [-0.39, 0.29) is 6.04 Å². The first-order valence-corrected chi connectivity index (χ1v) is 16.8. The van der Waals surface area contributed by atoms with Crippen LogP contribution in [0.3, 0.4) is 0 Å². The Morgan fingerprint density at radius 2 is 1.45 bits per heavy atom. The van der Waals surface area contributed by atoms with Gasteiger partial charge in [0.05, 0.1) is 25.4 Å². The molecular weight excluding hydrogens is 573 g/mol. The molecule has 0 amide bonds. The lowest BCUT2D eigenvalue weighted by Gasteiger charge is -2.44. The number of rotatable bonds is 4. The second-order valence-corrected chi connectivity index (χ2v) is 13.8. The van der Waals surface area contributed by atoms with Crippen LogP contribution in [-0.4, -0.2) is 27.2 Å². The fraction of sp³-hybridized carbons (Fsp3) is 0.186. The van der Waals surface area contributed by atoms with Crippen LogP contribution in [0.15, 0.2) is 121 Å². The molecule has 2 unspecified atom stereocenters. The summed E-state index contributed by atoms with van der Waals surface area (Å²) in [7, 11) is 6.66. The third-order valence-electron chi connectivity index (χ3n) is 10.9. The Labute approximate surface area is 276 Å². The van der Waals surface area contributed by atoms with Gasteiger partial charge in [-0.1, -0.05) is 72.8 Å². The summed E-state index contributed by atoms with van der Waals surface area (Å²) < 4.78 is 7.82. The van der Waals surface area contributed by atoms with Crippen molar-refractivity contribution >= 4 is 40.0 Å². The molecule has 2 atom stereocenters. The van der Waals surface area contributed by atoms with Crippen molar-refractivity contribution in [3.63, 3.8) is 0 Å². The van der Waals surface area contributed by atoms with Crippen LogP contribution in [0, 0.1) is 0 Å². The van der Waals surface area contributed by atoms with Crippen LogP contribution in [0.25, 0.3) is 51.3 Å². The van der Waals surface area contributed by atoms with Crippen LogP contribution in [-0.2, 0) is 33.5 Å². The Morgan fingerprint density at radius 1 is 0.766 bits per heavy atom. The summed E-state index contributed by atoms with van der Waals surface area (Å²) in [5.74, 6) is 0. The van der Waals surface area contributed by atoms with Crippen molar-refractivity contribution in [1.82, 2.24) is 9.13 Å². The van der Waals surface area contributed by atoms with E-state index >= 15 is 0 Å². The van der Waals surface area contributed by atoms with Gasteiger partial charge in [-0.2, -0.15) is 4.57 Å². The molecule has 3 aromatic heterocycles. The maximum absolute atomic E-state index is 2.53. The summed E-state index contributed by atoms with van der Waals surface area (Å²) >= 11 is 0. The minimum absolute atomic E-state index is 0.271. The van der Waals surface area contributed by atoms with Crippen LogP contribution in [0.4, 0.5) is 0 Å². The first-order chi connectivity index (χ1) is 22.9. The van der Waals surface area contributed by atoms with E-state index in [0.717, 1.165) is 30.4 Å². The lowest BCUT2D eigenvalue weighted by Crippen LogP contribution is -2.48. The Kier molecular flexibility index (Phi) is 6.38. The molecule has 0 saturated heterocycles. The average molecular weight is 613 g/mol. The van der Waals surface area contributed by atoms with Crippen molar-refractivity contribution in [1.29, 1.82) is 0 Å². The standard InChI is InChI=1S/C43H40N4/c1-44-28-34(36-8-4-6-10-38(36)44)14-12-30-18-22-46-23-19-32-16-17-33-21-25-47(3)24-20-31(27-41(47)43(33)42(32)40(46)26-30)13-15-35-29-45(2)39-11-7-5-9-37(35)39/h4-18,20,22,24,26-29,41H,19,21,23,25H2,1-3H3/q+2. The zero-order valence-electron chi connectivity index (χ0n) is 27.4. The molecule has 0 radical (unpaired) electrons. The largest absolute Gasteiger partial charge is 0.350 e. The summed E-state index contributed by atoms with van der Waals surface area (Å²) in [4.78, 5) is 0. The first-order valence-electron chi connectivity index (χ1n) is 16.8. The van der Waals surface area contributed by atoms with Gasteiger partial charge in [-0.05, 0) is 57.7 Å². The number of aromatic nitrogens is 3. The molecule has 6 aromatic rings. The lowest BCUT2D eigenvalue weighted by molar-refractivity contribution is -0.887. The van der Waals surface area contributed by atoms with Crippen LogP contribution < -0.4 is 4.57 Å². The van der Waals surface area contributed by atoms with E-state index in [1.165, 1.54) is 72.0 Å². The SMILES string of the molecule is Cn1cc(C=CC2=CC3c4c(ccc5c4-c4cc(C=Cc6cn(C)c7ccccc67)cc[n+]4CC5)CC[N+]3(C)C=C2)c2ccccc21. The summed E-state index contributed by atoms with van der Waals surface area (Å²) in [6.45, 7) is 2.12. The molecule has 0 saturated carbocycles. The summed E-state index contributed by atoms with van der Waals surface area (Å²) in [6.07, 6.45) is 25.4. The molecule has 3 aliphatic heterocycles. The number of likely N-dealkylation sites (N-methyl/N-ethyl adjacent to an activating group) is 1. The number of hydrogen-bond donors (Lipinski definition) is 0. The highest BCUT2D eigenvalue weighted by Crippen LogP contribution is 2.46. The minimum atomic E-state index is 0.271. The van der Waals surface area contributed by atoms with Crippen LogP contribution in [0.1, 0.15) is 39.4 Å². The number of hydrogen-bond acceptors (Lipinski definition) is 0. The van der Waals surface area contributed by atoms with Gasteiger partial charge in [0.2, 0.25) is 5.69 Å². The van der Waals surface area contributed by atoms with E-state index < -0.39 is 0 Å². The van der Waals surface area contributed by atoms with Crippen molar-refractivity contribution in [3.8, 4) is 11.3 Å². The lowest BCUT2D eigenvalue weighted by atomic mass is 9.80. The Balaban J connectivity index is 1.12. The number of fused-ring (bicyclic) bond motifs is 9. The highest BCUT2D eigenvalue weighted by molar-refractivity contribution is 5.92. The van der Waals surface area contributed by atoms with E-state index in [4.69, 9.17) is 0 Å². The molecule has 4 nitrogen and oxygen atoms in total. The molecule has 9 rings (SSSR count). The number of aryl methyl sites for hydroxylation is 4. The quantitative estimate of drug-likeness (QED) is 0.140. The summed E-state index contributed by atoms with van der Waals surface area (Å²) in [5, 5.41) is 2.58. The topological polar surface area (TPSA) is 13.7 Å². The molecule has 6 heterocycles. The normalized spacial score (nSPS) is 20.1. The fourth-order valence-corrected chi connectivity index (χ4v) is 8.28.